The van der Waals surface area contributed by atoms with Crippen molar-refractivity contribution in [3.8, 4) is 0 Å². The van der Waals surface area contributed by atoms with Gasteiger partial charge in [0.15, 0.2) is 0 Å². The summed E-state index contributed by atoms with van der Waals surface area (Å²) in [7, 11) is 3.06. The van der Waals surface area contributed by atoms with Gasteiger partial charge in [0.2, 0.25) is 0 Å². The largest absolute Gasteiger partial charge is 0.428 e. The van der Waals surface area contributed by atoms with Crippen molar-refractivity contribution in [1.29, 1.82) is 0 Å². The summed E-state index contributed by atoms with van der Waals surface area (Å²) in [6, 6.07) is 0. The molecule has 0 spiro atoms. The molecule has 0 radical (unpaired) electrons. The minimum absolute atomic E-state index is 0.328. The minimum atomic E-state index is 0.328. The quantitative estimate of drug-likeness (QED) is 0.208. The van der Waals surface area contributed by atoms with Crippen LogP contribution in [0, 0.1) is 0 Å². The maximum Gasteiger partial charge on any atom is 0.360 e. The summed E-state index contributed by atoms with van der Waals surface area (Å²) in [6.45, 7) is 3.27. The van der Waals surface area contributed by atoms with Gasteiger partial charge in [0.25, 0.3) is 7.48 Å². The lowest BCUT2D eigenvalue weighted by molar-refractivity contribution is 0.347. The van der Waals surface area contributed by atoms with Crippen LogP contribution in [0.1, 0.15) is 6.42 Å². The Hall–Kier alpha value is -0.0701. The lowest BCUT2D eigenvalue weighted by Gasteiger charge is -2.04. The van der Waals surface area contributed by atoms with Gasteiger partial charge >= 0.3 is 7.62 Å². The zero-order valence-corrected chi connectivity index (χ0v) is 9.05. The van der Waals surface area contributed by atoms with E-state index >= 15 is 0 Å². The molecule has 0 bridgehead atoms. The molecule has 0 fully saturated rings. The van der Waals surface area contributed by atoms with Crippen molar-refractivity contribution in [2.75, 3.05) is 33.5 Å². The van der Waals surface area contributed by atoms with Gasteiger partial charge in [-0.25, -0.2) is 0 Å². The van der Waals surface area contributed by atoms with Crippen molar-refractivity contribution in [2.24, 2.45) is 5.73 Å². The van der Waals surface area contributed by atoms with E-state index in [1.807, 2.05) is 0 Å². The average molecular weight is 201 g/mol. The van der Waals surface area contributed by atoms with Crippen LogP contribution in [0.2, 0.25) is 6.32 Å². The van der Waals surface area contributed by atoms with Gasteiger partial charge in [-0.05, 0) is 25.8 Å². The molecule has 82 valence electrons. The first kappa shape index (κ1) is 13.9. The Bertz CT molecular complexity index is 98.9. The van der Waals surface area contributed by atoms with Crippen LogP contribution in [0.3, 0.4) is 0 Å². The molecule has 0 heterocycles. The third-order valence-electron chi connectivity index (χ3n) is 1.74. The zero-order chi connectivity index (χ0) is 10.5. The Labute approximate surface area is 87.7 Å². The van der Waals surface area contributed by atoms with Gasteiger partial charge in [-0.1, -0.05) is 0 Å². The highest BCUT2D eigenvalue weighted by Crippen LogP contribution is 1.85. The van der Waals surface area contributed by atoms with Crippen LogP contribution >= 0.6 is 0 Å². The van der Waals surface area contributed by atoms with Crippen LogP contribution in [0.4, 0.5) is 0 Å². The standard InChI is InChI=1S/C7H21B2N3O2/c1-13-9-12-6-5-11-4-2-3-8-14-7-10/h8-9,11-12H,2-7,10H2,1H3. The summed E-state index contributed by atoms with van der Waals surface area (Å²) < 4.78 is 9.86. The molecule has 14 heavy (non-hydrogen) atoms. The molecule has 0 atom stereocenters. The van der Waals surface area contributed by atoms with Crippen molar-refractivity contribution < 1.29 is 9.31 Å². The molecule has 0 aromatic carbocycles. The first-order valence-electron chi connectivity index (χ1n) is 5.10. The van der Waals surface area contributed by atoms with Gasteiger partial charge in [0.05, 0.1) is 6.73 Å². The molecule has 0 saturated carbocycles. The van der Waals surface area contributed by atoms with Crippen LogP contribution in [0.15, 0.2) is 0 Å². The van der Waals surface area contributed by atoms with E-state index in [0.29, 0.717) is 14.3 Å². The van der Waals surface area contributed by atoms with Crippen LogP contribution < -0.4 is 16.3 Å². The maximum atomic E-state index is 5.18. The zero-order valence-electron chi connectivity index (χ0n) is 9.05. The molecule has 0 aliphatic rings. The van der Waals surface area contributed by atoms with Gasteiger partial charge in [-0.15, -0.1) is 0 Å². The molecule has 7 heteroatoms. The van der Waals surface area contributed by atoms with E-state index in [0.717, 1.165) is 39.9 Å². The highest BCUT2D eigenvalue weighted by molar-refractivity contribution is 6.26. The molecular formula is C7H21B2N3O2. The molecule has 4 N–H and O–H groups in total. The molecular weight excluding hydrogens is 180 g/mol. The van der Waals surface area contributed by atoms with E-state index in [9.17, 15) is 0 Å². The number of hydrogen-bond donors (Lipinski definition) is 3. The fourth-order valence-electron chi connectivity index (χ4n) is 1.01. The predicted octanol–water partition coefficient (Wildman–Crippen LogP) is -1.83. The summed E-state index contributed by atoms with van der Waals surface area (Å²) in [4.78, 5) is 0. The van der Waals surface area contributed by atoms with E-state index in [4.69, 9.17) is 15.0 Å². The smallest absolute Gasteiger partial charge is 0.360 e. The molecule has 0 saturated heterocycles. The van der Waals surface area contributed by atoms with Crippen LogP contribution in [0.5, 0.6) is 0 Å². The molecule has 5 nitrogen and oxygen atoms in total. The van der Waals surface area contributed by atoms with E-state index < -0.39 is 0 Å². The summed E-state index contributed by atoms with van der Waals surface area (Å²) >= 11 is 0. The highest BCUT2D eigenvalue weighted by atomic mass is 16.4. The Morgan fingerprint density at radius 1 is 1.29 bits per heavy atom. The average Bonchev–Trinajstić information content (AvgIpc) is 2.21. The monoisotopic (exact) mass is 201 g/mol. The lowest BCUT2D eigenvalue weighted by Crippen LogP contribution is -2.31. The summed E-state index contributed by atoms with van der Waals surface area (Å²) in [5.74, 6) is 0. The van der Waals surface area contributed by atoms with Crippen molar-refractivity contribution in [3.05, 3.63) is 0 Å². The van der Waals surface area contributed by atoms with E-state index in [1.54, 1.807) is 7.11 Å². The lowest BCUT2D eigenvalue weighted by atomic mass is 9.93. The van der Waals surface area contributed by atoms with E-state index in [1.165, 1.54) is 0 Å². The van der Waals surface area contributed by atoms with E-state index in [2.05, 4.69) is 10.5 Å². The number of rotatable bonds is 11. The molecule has 0 amide bonds. The Morgan fingerprint density at radius 2 is 2.14 bits per heavy atom. The fourth-order valence-corrected chi connectivity index (χ4v) is 1.01. The molecule has 0 aromatic heterocycles. The molecule has 0 aromatic rings. The molecule has 0 aliphatic carbocycles. The Morgan fingerprint density at radius 3 is 2.86 bits per heavy atom. The Balaban J connectivity index is 2.78. The fraction of sp³-hybridized carbons (Fsp3) is 1.00. The summed E-state index contributed by atoms with van der Waals surface area (Å²) in [5.41, 5.74) is 5.18. The summed E-state index contributed by atoms with van der Waals surface area (Å²) in [5, 5.41) is 6.44. The third kappa shape index (κ3) is 11.9. The summed E-state index contributed by atoms with van der Waals surface area (Å²) in [6.07, 6.45) is 2.19. The van der Waals surface area contributed by atoms with Crippen LogP contribution in [-0.2, 0) is 9.31 Å². The van der Waals surface area contributed by atoms with Crippen molar-refractivity contribution in [2.45, 2.75) is 12.7 Å². The van der Waals surface area contributed by atoms with Gasteiger partial charge in [-0.3, -0.25) is 0 Å². The van der Waals surface area contributed by atoms with Crippen LogP contribution in [-0.4, -0.2) is 48.6 Å². The molecule has 0 rings (SSSR count). The van der Waals surface area contributed by atoms with Gasteiger partial charge in [0, 0.05) is 13.7 Å². The van der Waals surface area contributed by atoms with Gasteiger partial charge < -0.3 is 25.6 Å². The normalized spacial score (nSPS) is 10.1. The Kier molecular flexibility index (Phi) is 12.9. The number of nitrogens with one attached hydrogen (secondary N) is 2. The van der Waals surface area contributed by atoms with Gasteiger partial charge in [0.1, 0.15) is 0 Å². The van der Waals surface area contributed by atoms with Crippen molar-refractivity contribution >= 4 is 15.1 Å². The maximum absolute atomic E-state index is 5.18. The molecule has 0 aliphatic heterocycles. The first-order valence-corrected chi connectivity index (χ1v) is 5.10. The van der Waals surface area contributed by atoms with Crippen molar-refractivity contribution in [1.82, 2.24) is 10.5 Å². The van der Waals surface area contributed by atoms with E-state index in [-0.39, 0.29) is 0 Å². The third-order valence-corrected chi connectivity index (χ3v) is 1.74. The van der Waals surface area contributed by atoms with Gasteiger partial charge in [-0.2, -0.15) is 0 Å². The van der Waals surface area contributed by atoms with Crippen molar-refractivity contribution in [3.63, 3.8) is 0 Å². The second kappa shape index (κ2) is 12.9. The number of nitrogens with two attached hydrogens (primary N) is 1. The SMILES string of the molecule is COBNCCNCCCBOCN. The predicted molar refractivity (Wildman–Crippen MR) is 61.7 cm³/mol. The first-order chi connectivity index (χ1) is 6.91. The molecule has 0 unspecified atom stereocenters. The second-order valence-electron chi connectivity index (χ2n) is 2.97. The van der Waals surface area contributed by atoms with Crippen LogP contribution in [0.25, 0.3) is 0 Å². The topological polar surface area (TPSA) is 68.5 Å². The highest BCUT2D eigenvalue weighted by Gasteiger charge is 1.92. The second-order valence-corrected chi connectivity index (χ2v) is 2.97. The number of hydrogen-bond acceptors (Lipinski definition) is 5. The minimum Gasteiger partial charge on any atom is -0.428 e.